The first-order valence-electron chi connectivity index (χ1n) is 8.80. The third-order valence-electron chi connectivity index (χ3n) is 5.04. The van der Waals surface area contributed by atoms with Gasteiger partial charge in [0.15, 0.2) is 0 Å². The Bertz CT molecular complexity index is 648. The summed E-state index contributed by atoms with van der Waals surface area (Å²) in [5.74, 6) is 0.448. The lowest BCUT2D eigenvalue weighted by atomic mass is 10.1. The van der Waals surface area contributed by atoms with Crippen molar-refractivity contribution in [2.24, 2.45) is 5.92 Å². The fourth-order valence-corrected chi connectivity index (χ4v) is 3.47. The fraction of sp³-hybridized carbons (Fsp3) is 0.526. The number of hydrogen-bond donors (Lipinski definition) is 1. The highest BCUT2D eigenvalue weighted by Crippen LogP contribution is 2.40. The van der Waals surface area contributed by atoms with E-state index >= 15 is 0 Å². The number of hydrogen-bond acceptors (Lipinski definition) is 3. The van der Waals surface area contributed by atoms with Crippen LogP contribution in [0.1, 0.15) is 42.3 Å². The second-order valence-corrected chi connectivity index (χ2v) is 6.93. The van der Waals surface area contributed by atoms with Gasteiger partial charge in [0.2, 0.25) is 0 Å². The summed E-state index contributed by atoms with van der Waals surface area (Å²) in [5, 5.41) is 15.0. The number of aliphatic hydroxyl groups is 1. The molecule has 4 nitrogen and oxygen atoms in total. The summed E-state index contributed by atoms with van der Waals surface area (Å²) >= 11 is 0. The van der Waals surface area contributed by atoms with Crippen LogP contribution in [0.3, 0.4) is 0 Å². The number of fused-ring (bicyclic) bond motifs is 1. The highest BCUT2D eigenvalue weighted by atomic mass is 16.3. The third kappa shape index (κ3) is 3.48. The van der Waals surface area contributed by atoms with Gasteiger partial charge >= 0.3 is 0 Å². The van der Waals surface area contributed by atoms with Gasteiger partial charge in [0, 0.05) is 26.2 Å². The van der Waals surface area contributed by atoms with Crippen LogP contribution in [0.5, 0.6) is 0 Å². The van der Waals surface area contributed by atoms with Gasteiger partial charge in [-0.05, 0) is 43.2 Å². The number of rotatable bonds is 5. The van der Waals surface area contributed by atoms with Crippen molar-refractivity contribution in [2.45, 2.75) is 44.9 Å². The molecule has 0 radical (unpaired) electrons. The van der Waals surface area contributed by atoms with Gasteiger partial charge < -0.3 is 5.11 Å². The van der Waals surface area contributed by atoms with Crippen LogP contribution >= 0.6 is 0 Å². The first-order valence-corrected chi connectivity index (χ1v) is 8.80. The predicted octanol–water partition coefficient (Wildman–Crippen LogP) is 2.77. The molecule has 23 heavy (non-hydrogen) atoms. The topological polar surface area (TPSA) is 41.3 Å². The first-order chi connectivity index (χ1) is 11.3. The largest absolute Gasteiger partial charge is 0.386 e. The Labute approximate surface area is 137 Å². The molecule has 0 bridgehead atoms. The minimum Gasteiger partial charge on any atom is -0.386 e. The molecule has 1 aliphatic heterocycles. The van der Waals surface area contributed by atoms with Crippen LogP contribution in [-0.2, 0) is 19.5 Å². The molecule has 1 atom stereocenters. The van der Waals surface area contributed by atoms with E-state index in [4.69, 9.17) is 0 Å². The van der Waals surface area contributed by atoms with Gasteiger partial charge in [-0.3, -0.25) is 9.58 Å². The summed E-state index contributed by atoms with van der Waals surface area (Å²) in [6.07, 6.45) is 4.15. The average molecular weight is 311 g/mol. The first kappa shape index (κ1) is 14.9. The molecule has 0 unspecified atom stereocenters. The quantitative estimate of drug-likeness (QED) is 0.923. The van der Waals surface area contributed by atoms with Crippen LogP contribution in [0.15, 0.2) is 36.4 Å². The molecule has 1 aromatic carbocycles. The summed E-state index contributed by atoms with van der Waals surface area (Å²) < 4.78 is 2.11. The van der Waals surface area contributed by atoms with Crippen molar-refractivity contribution in [1.29, 1.82) is 0 Å². The fourth-order valence-electron chi connectivity index (χ4n) is 3.47. The smallest absolute Gasteiger partial charge is 0.101 e. The molecular formula is C19H25N3O. The molecule has 0 amide bonds. The van der Waals surface area contributed by atoms with Crippen molar-refractivity contribution in [3.63, 3.8) is 0 Å². The molecule has 2 aromatic rings. The van der Waals surface area contributed by atoms with Gasteiger partial charge in [-0.25, -0.2) is 0 Å². The minimum atomic E-state index is -0.354. The van der Waals surface area contributed by atoms with Crippen molar-refractivity contribution in [3.05, 3.63) is 53.3 Å². The zero-order valence-electron chi connectivity index (χ0n) is 13.6. The Morgan fingerprint density at radius 3 is 2.78 bits per heavy atom. The van der Waals surface area contributed by atoms with Gasteiger partial charge in [0.1, 0.15) is 6.10 Å². The molecule has 2 heterocycles. The molecule has 4 heteroatoms. The van der Waals surface area contributed by atoms with Crippen LogP contribution in [0, 0.1) is 5.92 Å². The second-order valence-electron chi connectivity index (χ2n) is 6.93. The lowest BCUT2D eigenvalue weighted by Crippen LogP contribution is -2.25. The van der Waals surface area contributed by atoms with Crippen molar-refractivity contribution >= 4 is 0 Å². The van der Waals surface area contributed by atoms with E-state index in [-0.39, 0.29) is 6.10 Å². The van der Waals surface area contributed by atoms with E-state index in [1.807, 2.05) is 0 Å². The van der Waals surface area contributed by atoms with E-state index in [9.17, 15) is 5.11 Å². The molecule has 1 aliphatic carbocycles. The van der Waals surface area contributed by atoms with E-state index in [1.54, 1.807) is 0 Å². The van der Waals surface area contributed by atoms with Crippen molar-refractivity contribution in [1.82, 2.24) is 14.7 Å². The van der Waals surface area contributed by atoms with Gasteiger partial charge in [-0.1, -0.05) is 30.3 Å². The molecule has 2 aliphatic rings. The van der Waals surface area contributed by atoms with Gasteiger partial charge in [-0.15, -0.1) is 0 Å². The molecule has 0 saturated heterocycles. The van der Waals surface area contributed by atoms with E-state index < -0.39 is 0 Å². The van der Waals surface area contributed by atoms with Crippen LogP contribution < -0.4 is 0 Å². The Hall–Kier alpha value is -1.65. The van der Waals surface area contributed by atoms with E-state index in [0.717, 1.165) is 57.6 Å². The van der Waals surface area contributed by atoms with Crippen LogP contribution in [0.25, 0.3) is 0 Å². The summed E-state index contributed by atoms with van der Waals surface area (Å²) in [7, 11) is 0. The van der Waals surface area contributed by atoms with Crippen LogP contribution in [0.2, 0.25) is 0 Å². The minimum absolute atomic E-state index is 0.354. The maximum absolute atomic E-state index is 10.3. The lowest BCUT2D eigenvalue weighted by Gasteiger charge is -2.19. The molecule has 1 saturated carbocycles. The lowest BCUT2D eigenvalue weighted by molar-refractivity contribution is 0.148. The molecule has 122 valence electrons. The zero-order valence-corrected chi connectivity index (χ0v) is 13.6. The Kier molecular flexibility index (Phi) is 4.19. The van der Waals surface area contributed by atoms with Crippen molar-refractivity contribution < 1.29 is 5.11 Å². The molecule has 1 N–H and O–H groups in total. The molecule has 4 rings (SSSR count). The standard InChI is InChI=1S/C19H25N3O/c23-19(16-7-8-16)18-13-17-14-21(10-4-11-22(17)20-18)12-9-15-5-2-1-3-6-15/h1-3,5-6,13,16,19,23H,4,7-12,14H2/t19-/m0/s1. The molecule has 1 fully saturated rings. The van der Waals surface area contributed by atoms with Gasteiger partial charge in [0.05, 0.1) is 11.4 Å². The maximum atomic E-state index is 10.3. The number of benzene rings is 1. The molecule has 0 spiro atoms. The summed E-state index contributed by atoms with van der Waals surface area (Å²) in [6.45, 7) is 4.11. The predicted molar refractivity (Wildman–Crippen MR) is 90.0 cm³/mol. The van der Waals surface area contributed by atoms with E-state index in [1.165, 1.54) is 11.3 Å². The summed E-state index contributed by atoms with van der Waals surface area (Å²) in [6, 6.07) is 12.8. The Morgan fingerprint density at radius 1 is 1.17 bits per heavy atom. The van der Waals surface area contributed by atoms with E-state index in [2.05, 4.69) is 51.1 Å². The third-order valence-corrected chi connectivity index (χ3v) is 5.04. The summed E-state index contributed by atoms with van der Waals surface area (Å²) in [5.41, 5.74) is 3.53. The highest BCUT2D eigenvalue weighted by Gasteiger charge is 2.33. The van der Waals surface area contributed by atoms with Crippen molar-refractivity contribution in [3.8, 4) is 0 Å². The van der Waals surface area contributed by atoms with E-state index in [0.29, 0.717) is 5.92 Å². The van der Waals surface area contributed by atoms with Crippen LogP contribution in [0.4, 0.5) is 0 Å². The second kappa shape index (κ2) is 6.46. The number of aromatic nitrogens is 2. The average Bonchev–Trinajstić information content (AvgIpc) is 3.38. The number of aryl methyl sites for hydroxylation is 1. The Balaban J connectivity index is 1.42. The SMILES string of the molecule is O[C@H](c1cc2n(n1)CCCN(CCc1ccccc1)C2)C1CC1. The number of aliphatic hydroxyl groups excluding tert-OH is 1. The van der Waals surface area contributed by atoms with Gasteiger partial charge in [-0.2, -0.15) is 5.10 Å². The molecular weight excluding hydrogens is 286 g/mol. The monoisotopic (exact) mass is 311 g/mol. The maximum Gasteiger partial charge on any atom is 0.101 e. The Morgan fingerprint density at radius 2 is 2.00 bits per heavy atom. The highest BCUT2D eigenvalue weighted by molar-refractivity contribution is 5.17. The van der Waals surface area contributed by atoms with Crippen molar-refractivity contribution in [2.75, 3.05) is 13.1 Å². The van der Waals surface area contributed by atoms with Crippen LogP contribution in [-0.4, -0.2) is 32.9 Å². The zero-order chi connectivity index (χ0) is 15.6. The molecule has 1 aromatic heterocycles. The normalized spacial score (nSPS) is 20.0. The van der Waals surface area contributed by atoms with Gasteiger partial charge in [0.25, 0.3) is 0 Å². The number of nitrogens with zero attached hydrogens (tertiary/aromatic N) is 3. The summed E-state index contributed by atoms with van der Waals surface area (Å²) in [4.78, 5) is 2.51.